The van der Waals surface area contributed by atoms with Gasteiger partial charge in [0.1, 0.15) is 5.76 Å². The largest absolute Gasteiger partial charge is 0.468 e. The van der Waals surface area contributed by atoms with Crippen molar-refractivity contribution in [2.75, 3.05) is 20.6 Å². The highest BCUT2D eigenvalue weighted by Gasteiger charge is 2.16. The van der Waals surface area contributed by atoms with Gasteiger partial charge in [-0.15, -0.1) is 0 Å². The van der Waals surface area contributed by atoms with Crippen LogP contribution in [0.3, 0.4) is 0 Å². The zero-order valence-corrected chi connectivity index (χ0v) is 13.9. The summed E-state index contributed by atoms with van der Waals surface area (Å²) in [7, 11) is 4.09. The second-order valence-electron chi connectivity index (χ2n) is 4.87. The molecule has 5 heteroatoms. The second kappa shape index (κ2) is 7.27. The van der Waals surface area contributed by atoms with Crippen LogP contribution in [-0.2, 0) is 6.54 Å². The summed E-state index contributed by atoms with van der Waals surface area (Å²) in [6, 6.07) is 10.1. The average Bonchev–Trinajstić information content (AvgIpc) is 2.92. The number of rotatable bonds is 6. The van der Waals surface area contributed by atoms with Gasteiger partial charge in [-0.2, -0.15) is 0 Å². The van der Waals surface area contributed by atoms with Crippen LogP contribution in [0.5, 0.6) is 0 Å². The van der Waals surface area contributed by atoms with Crippen LogP contribution in [0.15, 0.2) is 45.5 Å². The smallest absolute Gasteiger partial charge is 0.122 e. The van der Waals surface area contributed by atoms with Crippen molar-refractivity contribution in [3.05, 3.63) is 57.4 Å². The van der Waals surface area contributed by atoms with Crippen molar-refractivity contribution in [1.29, 1.82) is 0 Å². The fraction of sp³-hybridized carbons (Fsp3) is 0.333. The van der Waals surface area contributed by atoms with Crippen molar-refractivity contribution >= 4 is 27.5 Å². The summed E-state index contributed by atoms with van der Waals surface area (Å²) in [6.45, 7) is 1.59. The first-order chi connectivity index (χ1) is 9.58. The van der Waals surface area contributed by atoms with Crippen molar-refractivity contribution in [2.45, 2.75) is 12.6 Å². The quantitative estimate of drug-likeness (QED) is 0.844. The molecule has 20 heavy (non-hydrogen) atoms. The highest BCUT2D eigenvalue weighted by molar-refractivity contribution is 9.10. The van der Waals surface area contributed by atoms with E-state index >= 15 is 0 Å². The fourth-order valence-electron chi connectivity index (χ4n) is 2.02. The van der Waals surface area contributed by atoms with Gasteiger partial charge in [0.2, 0.25) is 0 Å². The van der Waals surface area contributed by atoms with Crippen LogP contribution in [0.4, 0.5) is 0 Å². The number of halogens is 2. The normalized spacial score (nSPS) is 12.8. The maximum Gasteiger partial charge on any atom is 0.122 e. The maximum absolute atomic E-state index is 6.09. The van der Waals surface area contributed by atoms with Gasteiger partial charge in [0, 0.05) is 17.6 Å². The Morgan fingerprint density at radius 1 is 1.35 bits per heavy atom. The molecule has 1 N–H and O–H groups in total. The molecule has 0 spiro atoms. The van der Waals surface area contributed by atoms with Gasteiger partial charge in [-0.05, 0) is 59.9 Å². The van der Waals surface area contributed by atoms with Gasteiger partial charge in [0.25, 0.3) is 0 Å². The minimum atomic E-state index is 0.218. The Kier molecular flexibility index (Phi) is 5.66. The molecule has 0 aliphatic carbocycles. The molecule has 108 valence electrons. The van der Waals surface area contributed by atoms with E-state index in [2.05, 4.69) is 32.2 Å². The summed E-state index contributed by atoms with van der Waals surface area (Å²) in [5, 5.41) is 4.18. The summed E-state index contributed by atoms with van der Waals surface area (Å²) in [4.78, 5) is 2.14. The van der Waals surface area contributed by atoms with E-state index in [-0.39, 0.29) is 6.04 Å². The first-order valence-electron chi connectivity index (χ1n) is 6.42. The Morgan fingerprint density at radius 2 is 2.15 bits per heavy atom. The summed E-state index contributed by atoms with van der Waals surface area (Å²) < 4.78 is 6.41. The van der Waals surface area contributed by atoms with Gasteiger partial charge in [-0.1, -0.05) is 17.7 Å². The Labute approximate surface area is 133 Å². The molecule has 0 saturated heterocycles. The summed E-state index contributed by atoms with van der Waals surface area (Å²) in [5.41, 5.74) is 1.16. The van der Waals surface area contributed by atoms with Crippen molar-refractivity contribution in [3.8, 4) is 0 Å². The molecule has 1 atom stereocenters. The molecule has 1 aromatic carbocycles. The lowest BCUT2D eigenvalue weighted by Crippen LogP contribution is -2.30. The molecular weight excluding hydrogens is 340 g/mol. The van der Waals surface area contributed by atoms with Crippen LogP contribution in [0.1, 0.15) is 17.4 Å². The maximum atomic E-state index is 6.09. The lowest BCUT2D eigenvalue weighted by Gasteiger charge is -2.22. The molecule has 2 rings (SSSR count). The molecular formula is C15H18BrClN2O. The number of hydrogen-bond donors (Lipinski definition) is 1. The van der Waals surface area contributed by atoms with Crippen LogP contribution in [0.25, 0.3) is 0 Å². The molecule has 1 aromatic heterocycles. The van der Waals surface area contributed by atoms with Crippen molar-refractivity contribution in [2.24, 2.45) is 0 Å². The third-order valence-corrected chi connectivity index (χ3v) is 4.38. The molecule has 1 heterocycles. The van der Waals surface area contributed by atoms with Gasteiger partial charge in [0.05, 0.1) is 17.3 Å². The van der Waals surface area contributed by atoms with Gasteiger partial charge < -0.3 is 9.73 Å². The van der Waals surface area contributed by atoms with E-state index in [4.69, 9.17) is 16.0 Å². The fourth-order valence-corrected chi connectivity index (χ4v) is 2.47. The molecule has 2 aromatic rings. The first kappa shape index (κ1) is 15.6. The predicted octanol–water partition coefficient (Wildman–Crippen LogP) is 4.09. The highest BCUT2D eigenvalue weighted by Crippen LogP contribution is 2.23. The number of furan rings is 1. The lowest BCUT2D eigenvalue weighted by molar-refractivity contribution is 0.250. The molecule has 1 unspecified atom stereocenters. The number of benzene rings is 1. The minimum absolute atomic E-state index is 0.218. The Bertz CT molecular complexity index is 543. The molecule has 3 nitrogen and oxygen atoms in total. The van der Waals surface area contributed by atoms with Gasteiger partial charge >= 0.3 is 0 Å². The Balaban J connectivity index is 1.92. The van der Waals surface area contributed by atoms with E-state index in [0.29, 0.717) is 0 Å². The zero-order valence-electron chi connectivity index (χ0n) is 11.6. The Hall–Kier alpha value is -0.810. The highest BCUT2D eigenvalue weighted by atomic mass is 79.9. The van der Waals surface area contributed by atoms with E-state index in [9.17, 15) is 0 Å². The van der Waals surface area contributed by atoms with E-state index in [1.54, 1.807) is 6.26 Å². The van der Waals surface area contributed by atoms with E-state index in [1.165, 1.54) is 0 Å². The van der Waals surface area contributed by atoms with E-state index < -0.39 is 0 Å². The van der Waals surface area contributed by atoms with Crippen LogP contribution in [0, 0.1) is 0 Å². The van der Waals surface area contributed by atoms with Crippen molar-refractivity contribution < 1.29 is 4.42 Å². The minimum Gasteiger partial charge on any atom is -0.468 e. The van der Waals surface area contributed by atoms with E-state index in [0.717, 1.165) is 33.9 Å². The number of nitrogens with zero attached hydrogens (tertiary/aromatic N) is 1. The first-order valence-corrected chi connectivity index (χ1v) is 7.59. The molecule has 0 aliphatic rings. The molecule has 0 amide bonds. The van der Waals surface area contributed by atoms with Crippen LogP contribution in [-0.4, -0.2) is 25.5 Å². The van der Waals surface area contributed by atoms with Gasteiger partial charge in [0.15, 0.2) is 0 Å². The monoisotopic (exact) mass is 356 g/mol. The predicted molar refractivity (Wildman–Crippen MR) is 86.0 cm³/mol. The topological polar surface area (TPSA) is 28.4 Å². The SMILES string of the molecule is CN(C)C(CNCc1ccc(Br)c(Cl)c1)c1ccco1. The lowest BCUT2D eigenvalue weighted by atomic mass is 10.2. The van der Waals surface area contributed by atoms with Gasteiger partial charge in [-0.25, -0.2) is 0 Å². The third-order valence-electron chi connectivity index (χ3n) is 3.15. The molecule has 0 saturated carbocycles. The summed E-state index contributed by atoms with van der Waals surface area (Å²) in [5.74, 6) is 0.969. The molecule has 0 fully saturated rings. The third kappa shape index (κ3) is 4.09. The summed E-state index contributed by atoms with van der Waals surface area (Å²) >= 11 is 9.48. The standard InChI is InChI=1S/C15H18BrClN2O/c1-19(2)14(15-4-3-7-20-15)10-18-9-11-5-6-12(16)13(17)8-11/h3-8,14,18H,9-10H2,1-2H3. The second-order valence-corrected chi connectivity index (χ2v) is 6.14. The molecule has 0 aliphatic heterocycles. The van der Waals surface area contributed by atoms with Crippen molar-refractivity contribution in [3.63, 3.8) is 0 Å². The Morgan fingerprint density at radius 3 is 2.75 bits per heavy atom. The number of hydrogen-bond acceptors (Lipinski definition) is 3. The zero-order chi connectivity index (χ0) is 14.5. The van der Waals surface area contributed by atoms with Crippen LogP contribution >= 0.6 is 27.5 Å². The van der Waals surface area contributed by atoms with Gasteiger partial charge in [-0.3, -0.25) is 4.90 Å². The summed E-state index contributed by atoms with van der Waals surface area (Å²) in [6.07, 6.45) is 1.71. The van der Waals surface area contributed by atoms with E-state index in [1.807, 2.05) is 38.4 Å². The van der Waals surface area contributed by atoms with Crippen LogP contribution < -0.4 is 5.32 Å². The van der Waals surface area contributed by atoms with Crippen LogP contribution in [0.2, 0.25) is 5.02 Å². The number of nitrogens with one attached hydrogen (secondary N) is 1. The molecule has 0 radical (unpaired) electrons. The van der Waals surface area contributed by atoms with Crippen molar-refractivity contribution in [1.82, 2.24) is 10.2 Å². The molecule has 0 bridgehead atoms. The number of likely N-dealkylation sites (N-methyl/N-ethyl adjacent to an activating group) is 1. The average molecular weight is 358 g/mol.